The lowest BCUT2D eigenvalue weighted by atomic mass is 10.2. The Kier molecular flexibility index (Phi) is 6.43. The number of urea groups is 1. The Bertz CT molecular complexity index is 1050. The van der Waals surface area contributed by atoms with E-state index in [1.807, 2.05) is 12.1 Å². The summed E-state index contributed by atoms with van der Waals surface area (Å²) in [5, 5.41) is 9.94. The summed E-state index contributed by atoms with van der Waals surface area (Å²) in [6.45, 7) is 4.59. The van der Waals surface area contributed by atoms with E-state index in [4.69, 9.17) is 14.2 Å². The van der Waals surface area contributed by atoms with Crippen LogP contribution in [-0.4, -0.2) is 84.1 Å². The fraction of sp³-hybridized carbons (Fsp3) is 0.400. The van der Waals surface area contributed by atoms with Crippen molar-refractivity contribution in [3.05, 3.63) is 30.6 Å². The number of hydrogen-bond donors (Lipinski definition) is 2. The lowest BCUT2D eigenvalue weighted by Crippen LogP contribution is -2.42. The van der Waals surface area contributed by atoms with Gasteiger partial charge in [0.2, 0.25) is 0 Å². The molecule has 1 fully saturated rings. The van der Waals surface area contributed by atoms with Crippen LogP contribution >= 0.6 is 0 Å². The maximum Gasteiger partial charge on any atom is 0.320 e. The molecule has 4 heterocycles. The number of pyridine rings is 1. The molecular weight excluding hydrogens is 402 g/mol. The van der Waals surface area contributed by atoms with E-state index in [1.165, 1.54) is 7.11 Å². The molecule has 1 aliphatic rings. The first-order valence-corrected chi connectivity index (χ1v) is 9.96. The second kappa shape index (κ2) is 9.58. The zero-order chi connectivity index (χ0) is 21.6. The van der Waals surface area contributed by atoms with Crippen LogP contribution in [0, 0.1) is 0 Å². The van der Waals surface area contributed by atoms with E-state index in [1.54, 1.807) is 30.1 Å². The number of carbonyl (C=O) groups excluding carboxylic acids is 1. The average Bonchev–Trinajstić information content (AvgIpc) is 3.20. The zero-order valence-corrected chi connectivity index (χ0v) is 17.5. The second-order valence-corrected chi connectivity index (χ2v) is 6.92. The van der Waals surface area contributed by atoms with Gasteiger partial charge in [0.15, 0.2) is 17.2 Å². The van der Waals surface area contributed by atoms with E-state index in [-0.39, 0.29) is 6.03 Å². The van der Waals surface area contributed by atoms with Gasteiger partial charge in [-0.15, -0.1) is 5.10 Å². The summed E-state index contributed by atoms with van der Waals surface area (Å²) in [6, 6.07) is 5.03. The van der Waals surface area contributed by atoms with Crippen LogP contribution in [0.5, 0.6) is 11.6 Å². The van der Waals surface area contributed by atoms with Crippen molar-refractivity contribution < 1.29 is 19.0 Å². The van der Waals surface area contributed by atoms with Gasteiger partial charge < -0.3 is 19.5 Å². The molecule has 2 amide bonds. The van der Waals surface area contributed by atoms with Crippen LogP contribution in [0.4, 0.5) is 10.6 Å². The summed E-state index contributed by atoms with van der Waals surface area (Å²) < 4.78 is 17.4. The molecule has 164 valence electrons. The van der Waals surface area contributed by atoms with Crippen LogP contribution in [-0.2, 0) is 4.74 Å². The van der Waals surface area contributed by atoms with Gasteiger partial charge >= 0.3 is 6.03 Å². The molecule has 3 aromatic rings. The van der Waals surface area contributed by atoms with E-state index < -0.39 is 0 Å². The predicted molar refractivity (Wildman–Crippen MR) is 114 cm³/mol. The Hall–Kier alpha value is -3.44. The highest BCUT2D eigenvalue weighted by Crippen LogP contribution is 2.29. The third-order valence-electron chi connectivity index (χ3n) is 4.91. The van der Waals surface area contributed by atoms with E-state index >= 15 is 0 Å². The number of rotatable bonds is 7. The van der Waals surface area contributed by atoms with Crippen molar-refractivity contribution in [2.75, 3.05) is 58.9 Å². The van der Waals surface area contributed by atoms with Gasteiger partial charge in [-0.3, -0.25) is 10.2 Å². The van der Waals surface area contributed by atoms with Crippen molar-refractivity contribution >= 4 is 17.5 Å². The summed E-state index contributed by atoms with van der Waals surface area (Å²) >= 11 is 0. The molecule has 3 aromatic heterocycles. The third-order valence-corrected chi connectivity index (χ3v) is 4.91. The van der Waals surface area contributed by atoms with Crippen LogP contribution in [0.2, 0.25) is 0 Å². The molecule has 0 unspecified atom stereocenters. The molecule has 0 aliphatic carbocycles. The number of nitrogens with zero attached hydrogens (tertiary/aromatic N) is 5. The van der Waals surface area contributed by atoms with Gasteiger partial charge in [-0.25, -0.2) is 19.3 Å². The minimum absolute atomic E-state index is 0.305. The van der Waals surface area contributed by atoms with Crippen LogP contribution in [0.3, 0.4) is 0 Å². The Balaban J connectivity index is 1.40. The SMILES string of the molecule is COc1cc(-c2ccn3nc(NC(=O)NCCN4CCOCC4)cc3n2)cnc1OC. The zero-order valence-electron chi connectivity index (χ0n) is 17.5. The minimum atomic E-state index is -0.305. The van der Waals surface area contributed by atoms with Crippen LogP contribution in [0.25, 0.3) is 16.9 Å². The van der Waals surface area contributed by atoms with Crippen molar-refractivity contribution in [1.29, 1.82) is 0 Å². The fourth-order valence-corrected chi connectivity index (χ4v) is 3.29. The molecule has 0 atom stereocenters. The topological polar surface area (TPSA) is 115 Å². The van der Waals surface area contributed by atoms with Crippen molar-refractivity contribution in [2.45, 2.75) is 0 Å². The summed E-state index contributed by atoms with van der Waals surface area (Å²) in [5.41, 5.74) is 2.06. The number of anilines is 1. The highest BCUT2D eigenvalue weighted by molar-refractivity contribution is 5.88. The molecule has 0 bridgehead atoms. The summed E-state index contributed by atoms with van der Waals surface area (Å²) in [6.07, 6.45) is 3.44. The molecule has 1 aliphatic heterocycles. The number of amides is 2. The first-order valence-electron chi connectivity index (χ1n) is 9.96. The summed E-state index contributed by atoms with van der Waals surface area (Å²) in [7, 11) is 3.09. The average molecular weight is 427 g/mol. The molecule has 0 aromatic carbocycles. The molecule has 0 saturated carbocycles. The maximum atomic E-state index is 12.2. The highest BCUT2D eigenvalue weighted by Gasteiger charge is 2.13. The standard InChI is InChI=1S/C20H25N7O4/c1-29-16-11-14(13-22-19(16)30-2)15-3-5-27-18(23-15)12-17(25-27)24-20(28)21-4-6-26-7-9-31-10-8-26/h3,5,11-13H,4,6-10H2,1-2H3,(H2,21,24,25,28). The summed E-state index contributed by atoms with van der Waals surface area (Å²) in [5.74, 6) is 1.34. The highest BCUT2D eigenvalue weighted by atomic mass is 16.5. The number of morpholine rings is 1. The minimum Gasteiger partial charge on any atom is -0.491 e. The number of hydrogen-bond acceptors (Lipinski definition) is 8. The van der Waals surface area contributed by atoms with Crippen LogP contribution in [0.15, 0.2) is 30.6 Å². The predicted octanol–water partition coefficient (Wildman–Crippen LogP) is 1.26. The number of aromatic nitrogens is 4. The first kappa shape index (κ1) is 20.8. The quantitative estimate of drug-likeness (QED) is 0.579. The molecule has 11 nitrogen and oxygen atoms in total. The largest absolute Gasteiger partial charge is 0.491 e. The lowest BCUT2D eigenvalue weighted by Gasteiger charge is -2.26. The molecule has 31 heavy (non-hydrogen) atoms. The number of carbonyl (C=O) groups is 1. The molecule has 4 rings (SSSR count). The van der Waals surface area contributed by atoms with Crippen molar-refractivity contribution in [2.24, 2.45) is 0 Å². The molecular formula is C20H25N7O4. The van der Waals surface area contributed by atoms with Crippen LogP contribution < -0.4 is 20.1 Å². The van der Waals surface area contributed by atoms with Gasteiger partial charge in [0.1, 0.15) is 0 Å². The Labute approximate surface area is 179 Å². The van der Waals surface area contributed by atoms with Crippen LogP contribution in [0.1, 0.15) is 0 Å². The Morgan fingerprint density at radius 1 is 1.23 bits per heavy atom. The molecule has 0 spiro atoms. The second-order valence-electron chi connectivity index (χ2n) is 6.92. The number of methoxy groups -OCH3 is 2. The lowest BCUT2D eigenvalue weighted by molar-refractivity contribution is 0.0388. The van der Waals surface area contributed by atoms with E-state index in [0.717, 1.165) is 38.4 Å². The first-order chi connectivity index (χ1) is 15.2. The van der Waals surface area contributed by atoms with Gasteiger partial charge in [0, 0.05) is 50.2 Å². The maximum absolute atomic E-state index is 12.2. The van der Waals surface area contributed by atoms with E-state index in [9.17, 15) is 4.79 Å². The third kappa shape index (κ3) is 5.01. The normalized spacial score (nSPS) is 14.4. The Morgan fingerprint density at radius 3 is 2.84 bits per heavy atom. The number of fused-ring (bicyclic) bond motifs is 1. The molecule has 11 heteroatoms. The number of nitrogens with one attached hydrogen (secondary N) is 2. The van der Waals surface area contributed by atoms with Crippen molar-refractivity contribution in [3.63, 3.8) is 0 Å². The van der Waals surface area contributed by atoms with Crippen molar-refractivity contribution in [3.8, 4) is 22.9 Å². The van der Waals surface area contributed by atoms with Crippen molar-refractivity contribution in [1.82, 2.24) is 29.8 Å². The van der Waals surface area contributed by atoms with Gasteiger partial charge in [0.25, 0.3) is 5.88 Å². The fourth-order valence-electron chi connectivity index (χ4n) is 3.29. The van der Waals surface area contributed by atoms with E-state index in [2.05, 4.69) is 30.6 Å². The van der Waals surface area contributed by atoms with Gasteiger partial charge in [-0.05, 0) is 12.1 Å². The van der Waals surface area contributed by atoms with Gasteiger partial charge in [-0.2, -0.15) is 0 Å². The molecule has 0 radical (unpaired) electrons. The molecule has 1 saturated heterocycles. The van der Waals surface area contributed by atoms with E-state index in [0.29, 0.717) is 35.3 Å². The smallest absolute Gasteiger partial charge is 0.320 e. The molecule has 2 N–H and O–H groups in total. The van der Waals surface area contributed by atoms with Gasteiger partial charge in [-0.1, -0.05) is 0 Å². The van der Waals surface area contributed by atoms with Gasteiger partial charge in [0.05, 0.1) is 33.1 Å². The summed E-state index contributed by atoms with van der Waals surface area (Å²) in [4.78, 5) is 23.3. The monoisotopic (exact) mass is 427 g/mol. The Morgan fingerprint density at radius 2 is 2.06 bits per heavy atom. The number of ether oxygens (including phenoxy) is 3.